The highest BCUT2D eigenvalue weighted by Gasteiger charge is 2.30. The van der Waals surface area contributed by atoms with Crippen molar-refractivity contribution in [3.63, 3.8) is 0 Å². The number of nitrogens with zero attached hydrogens (tertiary/aromatic N) is 2. The Morgan fingerprint density at radius 3 is 2.63 bits per heavy atom. The first-order valence-corrected chi connectivity index (χ1v) is 8.74. The highest BCUT2D eigenvalue weighted by Crippen LogP contribution is 2.22. The van der Waals surface area contributed by atoms with E-state index >= 15 is 0 Å². The number of benzene rings is 1. The van der Waals surface area contributed by atoms with Gasteiger partial charge >= 0.3 is 6.03 Å². The van der Waals surface area contributed by atoms with E-state index < -0.39 is 17.7 Å². The number of carbonyl (C=O) groups is 2. The SMILES string of the molecule is CC(=O)N1CCC(N(Cc2ccco2)C(=O)Nc2cc(F)ccc2F)CC1. The zero-order valence-corrected chi connectivity index (χ0v) is 15.0. The van der Waals surface area contributed by atoms with Gasteiger partial charge in [-0.15, -0.1) is 0 Å². The van der Waals surface area contributed by atoms with Crippen molar-refractivity contribution >= 4 is 17.6 Å². The molecule has 1 aromatic carbocycles. The van der Waals surface area contributed by atoms with Gasteiger partial charge in [0.25, 0.3) is 0 Å². The van der Waals surface area contributed by atoms with E-state index in [0.29, 0.717) is 31.7 Å². The second kappa shape index (κ2) is 8.20. The number of rotatable bonds is 4. The normalized spacial score (nSPS) is 14.9. The Kier molecular flexibility index (Phi) is 5.73. The first-order chi connectivity index (χ1) is 12.9. The highest BCUT2D eigenvalue weighted by atomic mass is 19.1. The van der Waals surface area contributed by atoms with Crippen LogP contribution < -0.4 is 5.32 Å². The predicted octanol–water partition coefficient (Wildman–Crippen LogP) is 3.60. The summed E-state index contributed by atoms with van der Waals surface area (Å²) in [7, 11) is 0. The molecule has 3 rings (SSSR count). The molecule has 3 amide bonds. The summed E-state index contributed by atoms with van der Waals surface area (Å²) in [6.45, 7) is 2.79. The van der Waals surface area contributed by atoms with Crippen LogP contribution in [0.3, 0.4) is 0 Å². The average molecular weight is 377 g/mol. The average Bonchev–Trinajstić information content (AvgIpc) is 3.16. The first kappa shape index (κ1) is 18.9. The molecule has 0 saturated carbocycles. The number of hydrogen-bond donors (Lipinski definition) is 1. The lowest BCUT2D eigenvalue weighted by molar-refractivity contribution is -0.130. The maximum absolute atomic E-state index is 13.9. The van der Waals surface area contributed by atoms with E-state index in [0.717, 1.165) is 18.2 Å². The molecule has 0 unspecified atom stereocenters. The van der Waals surface area contributed by atoms with E-state index in [9.17, 15) is 18.4 Å². The lowest BCUT2D eigenvalue weighted by atomic mass is 10.0. The Balaban J connectivity index is 1.76. The van der Waals surface area contributed by atoms with Crippen LogP contribution in [0.1, 0.15) is 25.5 Å². The van der Waals surface area contributed by atoms with Gasteiger partial charge in [0.05, 0.1) is 18.5 Å². The third kappa shape index (κ3) is 4.64. The van der Waals surface area contributed by atoms with Crippen LogP contribution in [0.5, 0.6) is 0 Å². The van der Waals surface area contributed by atoms with E-state index in [2.05, 4.69) is 5.32 Å². The third-order valence-electron chi connectivity index (χ3n) is 4.69. The maximum Gasteiger partial charge on any atom is 0.322 e. The number of halogens is 2. The van der Waals surface area contributed by atoms with Crippen LogP contribution in [0.2, 0.25) is 0 Å². The van der Waals surface area contributed by atoms with E-state index in [1.165, 1.54) is 13.2 Å². The van der Waals surface area contributed by atoms with Crippen LogP contribution in [0.25, 0.3) is 0 Å². The maximum atomic E-state index is 13.9. The largest absolute Gasteiger partial charge is 0.467 e. The molecule has 1 aliphatic rings. The molecule has 0 aliphatic carbocycles. The van der Waals surface area contributed by atoms with Crippen LogP contribution in [0.4, 0.5) is 19.3 Å². The molecule has 1 aromatic heterocycles. The summed E-state index contributed by atoms with van der Waals surface area (Å²) in [6.07, 6.45) is 2.70. The Morgan fingerprint density at radius 2 is 2.00 bits per heavy atom. The third-order valence-corrected chi connectivity index (χ3v) is 4.69. The van der Waals surface area contributed by atoms with Gasteiger partial charge in [-0.2, -0.15) is 0 Å². The van der Waals surface area contributed by atoms with Crippen molar-refractivity contribution in [1.82, 2.24) is 9.80 Å². The minimum atomic E-state index is -0.714. The second-order valence-corrected chi connectivity index (χ2v) is 6.50. The topological polar surface area (TPSA) is 65.8 Å². The van der Waals surface area contributed by atoms with Crippen LogP contribution >= 0.6 is 0 Å². The van der Waals surface area contributed by atoms with Crippen LogP contribution in [0, 0.1) is 11.6 Å². The molecule has 1 N–H and O–H groups in total. The number of piperidine rings is 1. The Bertz CT molecular complexity index is 803. The molecule has 2 heterocycles. The van der Waals surface area contributed by atoms with Gasteiger partial charge < -0.3 is 19.5 Å². The van der Waals surface area contributed by atoms with Crippen molar-refractivity contribution in [3.05, 3.63) is 54.0 Å². The van der Waals surface area contributed by atoms with Crippen molar-refractivity contribution in [3.8, 4) is 0 Å². The number of likely N-dealkylation sites (tertiary alicyclic amines) is 1. The van der Waals surface area contributed by atoms with Gasteiger partial charge in [0.1, 0.15) is 17.4 Å². The second-order valence-electron chi connectivity index (χ2n) is 6.50. The number of urea groups is 1. The first-order valence-electron chi connectivity index (χ1n) is 8.74. The fourth-order valence-corrected chi connectivity index (χ4v) is 3.21. The lowest BCUT2D eigenvalue weighted by Gasteiger charge is -2.38. The molecular weight excluding hydrogens is 356 g/mol. The molecule has 1 fully saturated rings. The standard InChI is InChI=1S/C19H21F2N3O3/c1-13(25)23-8-6-15(7-9-23)24(12-16-3-2-10-27-16)19(26)22-18-11-14(20)4-5-17(18)21/h2-5,10-11,15H,6-9,12H2,1H3,(H,22,26). The quantitative estimate of drug-likeness (QED) is 0.885. The molecule has 144 valence electrons. The number of nitrogens with one attached hydrogen (secondary N) is 1. The Hall–Kier alpha value is -2.90. The molecule has 0 radical (unpaired) electrons. The van der Waals surface area contributed by atoms with Gasteiger partial charge in [-0.3, -0.25) is 4.79 Å². The van der Waals surface area contributed by atoms with Crippen molar-refractivity contribution in [1.29, 1.82) is 0 Å². The molecule has 27 heavy (non-hydrogen) atoms. The summed E-state index contributed by atoms with van der Waals surface area (Å²) >= 11 is 0. The molecular formula is C19H21F2N3O3. The lowest BCUT2D eigenvalue weighted by Crippen LogP contribution is -2.49. The smallest absolute Gasteiger partial charge is 0.322 e. The van der Waals surface area contributed by atoms with E-state index in [1.54, 1.807) is 21.9 Å². The van der Waals surface area contributed by atoms with Crippen LogP contribution in [-0.2, 0) is 11.3 Å². The molecule has 0 bridgehead atoms. The highest BCUT2D eigenvalue weighted by molar-refractivity contribution is 5.89. The minimum absolute atomic E-state index is 0.00248. The fourth-order valence-electron chi connectivity index (χ4n) is 3.21. The van der Waals surface area contributed by atoms with Gasteiger partial charge in [-0.25, -0.2) is 13.6 Å². The predicted molar refractivity (Wildman–Crippen MR) is 94.9 cm³/mol. The number of hydrogen-bond acceptors (Lipinski definition) is 3. The van der Waals surface area contributed by atoms with Gasteiger partial charge in [0.2, 0.25) is 5.91 Å². The van der Waals surface area contributed by atoms with E-state index in [-0.39, 0.29) is 24.2 Å². The molecule has 0 spiro atoms. The zero-order chi connectivity index (χ0) is 19.4. The zero-order valence-electron chi connectivity index (χ0n) is 15.0. The van der Waals surface area contributed by atoms with Gasteiger partial charge in [0, 0.05) is 32.1 Å². The Morgan fingerprint density at radius 1 is 1.26 bits per heavy atom. The molecule has 2 aromatic rings. The van der Waals surface area contributed by atoms with Crippen molar-refractivity contribution in [2.24, 2.45) is 0 Å². The summed E-state index contributed by atoms with van der Waals surface area (Å²) in [5.41, 5.74) is -0.217. The van der Waals surface area contributed by atoms with Crippen LogP contribution in [0.15, 0.2) is 41.0 Å². The van der Waals surface area contributed by atoms with Gasteiger partial charge in [-0.1, -0.05) is 0 Å². The summed E-state index contributed by atoms with van der Waals surface area (Å²) in [5, 5.41) is 2.44. The van der Waals surface area contributed by atoms with Crippen molar-refractivity contribution in [2.45, 2.75) is 32.4 Å². The van der Waals surface area contributed by atoms with Gasteiger partial charge in [-0.05, 0) is 37.1 Å². The number of anilines is 1. The summed E-state index contributed by atoms with van der Waals surface area (Å²) in [4.78, 5) is 27.6. The summed E-state index contributed by atoms with van der Waals surface area (Å²) < 4.78 is 32.6. The number of furan rings is 1. The summed E-state index contributed by atoms with van der Waals surface area (Å²) in [5.74, 6) is -0.774. The fraction of sp³-hybridized carbons (Fsp3) is 0.368. The minimum Gasteiger partial charge on any atom is -0.467 e. The van der Waals surface area contributed by atoms with Crippen molar-refractivity contribution in [2.75, 3.05) is 18.4 Å². The molecule has 6 nitrogen and oxygen atoms in total. The van der Waals surface area contributed by atoms with E-state index in [4.69, 9.17) is 4.42 Å². The van der Waals surface area contributed by atoms with Crippen molar-refractivity contribution < 1.29 is 22.8 Å². The molecule has 1 saturated heterocycles. The number of amides is 3. The van der Waals surface area contributed by atoms with E-state index in [1.807, 2.05) is 0 Å². The van der Waals surface area contributed by atoms with Gasteiger partial charge in [0.15, 0.2) is 0 Å². The Labute approximate surface area is 155 Å². The van der Waals surface area contributed by atoms with Crippen LogP contribution in [-0.4, -0.2) is 40.9 Å². The number of carbonyl (C=O) groups excluding carboxylic acids is 2. The molecule has 1 aliphatic heterocycles. The molecule has 0 atom stereocenters. The summed E-state index contributed by atoms with van der Waals surface area (Å²) in [6, 6.07) is 5.66. The monoisotopic (exact) mass is 377 g/mol. The molecule has 8 heteroatoms.